The van der Waals surface area contributed by atoms with Crippen LogP contribution >= 0.6 is 0 Å². The van der Waals surface area contributed by atoms with Gasteiger partial charge in [0.1, 0.15) is 6.54 Å². The molecule has 0 atom stereocenters. The highest BCUT2D eigenvalue weighted by Gasteiger charge is 2.27. The van der Waals surface area contributed by atoms with Crippen LogP contribution in [-0.2, 0) is 24.3 Å². The number of methoxy groups -OCH3 is 2. The molecule has 3 rings (SSSR count). The summed E-state index contributed by atoms with van der Waals surface area (Å²) in [6.45, 7) is -0.593. The van der Waals surface area contributed by atoms with Crippen molar-refractivity contribution in [3.05, 3.63) is 90.0 Å². The molecule has 0 radical (unpaired) electrons. The summed E-state index contributed by atoms with van der Waals surface area (Å²) in [6.07, 6.45) is 0. The second-order valence-electron chi connectivity index (χ2n) is 6.95. The SMILES string of the molecule is COC(=O)c1ccc(C(=O)OC)c(NC(=O)CN(c2ccccc2)S(=O)(=O)c2ccccc2)c1. The molecule has 0 aliphatic heterocycles. The van der Waals surface area contributed by atoms with Gasteiger partial charge in [0.2, 0.25) is 5.91 Å². The first-order valence-electron chi connectivity index (χ1n) is 10.0. The first-order valence-corrected chi connectivity index (χ1v) is 11.5. The van der Waals surface area contributed by atoms with E-state index in [9.17, 15) is 22.8 Å². The molecule has 10 heteroatoms. The number of nitrogens with one attached hydrogen (secondary N) is 1. The highest BCUT2D eigenvalue weighted by Crippen LogP contribution is 2.24. The highest BCUT2D eigenvalue weighted by atomic mass is 32.2. The molecule has 34 heavy (non-hydrogen) atoms. The Morgan fingerprint density at radius 1 is 0.824 bits per heavy atom. The third-order valence-corrected chi connectivity index (χ3v) is 6.57. The Hall–Kier alpha value is -4.18. The molecule has 0 saturated heterocycles. The molecule has 9 nitrogen and oxygen atoms in total. The third kappa shape index (κ3) is 5.41. The van der Waals surface area contributed by atoms with Crippen molar-refractivity contribution in [3.63, 3.8) is 0 Å². The molecule has 0 fully saturated rings. The number of para-hydroxylation sites is 1. The summed E-state index contributed by atoms with van der Waals surface area (Å²) in [5.74, 6) is -2.16. The van der Waals surface area contributed by atoms with Crippen LogP contribution in [0.2, 0.25) is 0 Å². The molecule has 3 aromatic rings. The standard InChI is InChI=1S/C24H22N2O7S/c1-32-23(28)17-13-14-20(24(29)33-2)21(15-17)25-22(27)16-26(18-9-5-3-6-10-18)34(30,31)19-11-7-4-8-12-19/h3-15H,16H2,1-2H3,(H,25,27). The van der Waals surface area contributed by atoms with Gasteiger partial charge in [0, 0.05) is 0 Å². The molecule has 0 aromatic heterocycles. The van der Waals surface area contributed by atoms with Crippen molar-refractivity contribution in [1.82, 2.24) is 0 Å². The number of hydrogen-bond acceptors (Lipinski definition) is 7. The number of amides is 1. The summed E-state index contributed by atoms with van der Waals surface area (Å²) in [5, 5.41) is 2.52. The zero-order valence-electron chi connectivity index (χ0n) is 18.4. The van der Waals surface area contributed by atoms with E-state index in [4.69, 9.17) is 4.74 Å². The van der Waals surface area contributed by atoms with E-state index in [0.717, 1.165) is 4.31 Å². The van der Waals surface area contributed by atoms with Crippen LogP contribution in [0.1, 0.15) is 20.7 Å². The van der Waals surface area contributed by atoms with E-state index in [2.05, 4.69) is 10.1 Å². The van der Waals surface area contributed by atoms with Crippen molar-refractivity contribution in [2.75, 3.05) is 30.4 Å². The Morgan fingerprint density at radius 3 is 2.00 bits per heavy atom. The lowest BCUT2D eigenvalue weighted by Gasteiger charge is -2.24. The number of ether oxygens (including phenoxy) is 2. The third-order valence-electron chi connectivity index (χ3n) is 4.78. The number of carbonyl (C=O) groups excluding carboxylic acids is 3. The largest absolute Gasteiger partial charge is 0.465 e. The number of hydrogen-bond donors (Lipinski definition) is 1. The van der Waals surface area contributed by atoms with E-state index < -0.39 is 34.4 Å². The molecule has 0 aliphatic carbocycles. The van der Waals surface area contributed by atoms with Crippen LogP contribution in [-0.4, -0.2) is 47.0 Å². The second kappa shape index (κ2) is 10.6. The Morgan fingerprint density at radius 2 is 1.41 bits per heavy atom. The summed E-state index contributed by atoms with van der Waals surface area (Å²) in [4.78, 5) is 37.1. The van der Waals surface area contributed by atoms with Gasteiger partial charge in [-0.05, 0) is 42.5 Å². The van der Waals surface area contributed by atoms with Crippen LogP contribution in [0.3, 0.4) is 0 Å². The van der Waals surface area contributed by atoms with Crippen LogP contribution in [0.25, 0.3) is 0 Å². The van der Waals surface area contributed by atoms with E-state index >= 15 is 0 Å². The van der Waals surface area contributed by atoms with E-state index in [0.29, 0.717) is 0 Å². The van der Waals surface area contributed by atoms with E-state index in [1.54, 1.807) is 48.5 Å². The van der Waals surface area contributed by atoms with Gasteiger partial charge in [-0.3, -0.25) is 9.10 Å². The number of carbonyl (C=O) groups is 3. The first kappa shape index (κ1) is 24.5. The van der Waals surface area contributed by atoms with Crippen LogP contribution in [0, 0.1) is 0 Å². The molecule has 176 valence electrons. The molecule has 1 amide bonds. The molecule has 0 spiro atoms. The second-order valence-corrected chi connectivity index (χ2v) is 8.81. The molecule has 3 aromatic carbocycles. The van der Waals surface area contributed by atoms with Crippen molar-refractivity contribution in [2.24, 2.45) is 0 Å². The van der Waals surface area contributed by atoms with Crippen molar-refractivity contribution >= 4 is 39.2 Å². The minimum absolute atomic E-state index is 0.00888. The molecule has 0 saturated carbocycles. The zero-order valence-corrected chi connectivity index (χ0v) is 19.2. The molecule has 0 heterocycles. The fraction of sp³-hybridized carbons (Fsp3) is 0.125. The normalized spacial score (nSPS) is 10.8. The van der Waals surface area contributed by atoms with Gasteiger partial charge >= 0.3 is 11.9 Å². The Labute approximate surface area is 197 Å². The smallest absolute Gasteiger partial charge is 0.339 e. The van der Waals surface area contributed by atoms with Crippen LogP contribution < -0.4 is 9.62 Å². The average molecular weight is 483 g/mol. The number of rotatable bonds is 8. The van der Waals surface area contributed by atoms with Crippen LogP contribution in [0.5, 0.6) is 0 Å². The number of anilines is 2. The predicted molar refractivity (Wildman–Crippen MR) is 125 cm³/mol. The maximum absolute atomic E-state index is 13.3. The van der Waals surface area contributed by atoms with Crippen molar-refractivity contribution < 1.29 is 32.3 Å². The summed E-state index contributed by atoms with van der Waals surface area (Å²) < 4.78 is 37.0. The van der Waals surface area contributed by atoms with E-state index in [-0.39, 0.29) is 27.4 Å². The number of sulfonamides is 1. The zero-order chi connectivity index (χ0) is 24.7. The van der Waals surface area contributed by atoms with Gasteiger partial charge in [0.05, 0.1) is 41.6 Å². The lowest BCUT2D eigenvalue weighted by Crippen LogP contribution is -2.38. The lowest BCUT2D eigenvalue weighted by atomic mass is 10.1. The molecule has 0 bridgehead atoms. The monoisotopic (exact) mass is 482 g/mol. The van der Waals surface area contributed by atoms with Gasteiger partial charge in [0.25, 0.3) is 10.0 Å². The molecular weight excluding hydrogens is 460 g/mol. The number of esters is 2. The Bertz CT molecular complexity index is 1290. The van der Waals surface area contributed by atoms with Gasteiger partial charge in [-0.25, -0.2) is 18.0 Å². The Balaban J connectivity index is 1.97. The van der Waals surface area contributed by atoms with Crippen molar-refractivity contribution in [2.45, 2.75) is 4.90 Å². The minimum Gasteiger partial charge on any atom is -0.465 e. The van der Waals surface area contributed by atoms with Crippen LogP contribution in [0.4, 0.5) is 11.4 Å². The van der Waals surface area contributed by atoms with E-state index in [1.165, 1.54) is 44.6 Å². The van der Waals surface area contributed by atoms with Gasteiger partial charge in [-0.15, -0.1) is 0 Å². The maximum Gasteiger partial charge on any atom is 0.339 e. The van der Waals surface area contributed by atoms with Gasteiger partial charge in [-0.2, -0.15) is 0 Å². The number of benzene rings is 3. The number of nitrogens with zero attached hydrogens (tertiary/aromatic N) is 1. The predicted octanol–water partition coefficient (Wildman–Crippen LogP) is 3.09. The Kier molecular flexibility index (Phi) is 7.64. The summed E-state index contributed by atoms with van der Waals surface area (Å²) in [5.41, 5.74) is 0.325. The van der Waals surface area contributed by atoms with Crippen molar-refractivity contribution in [1.29, 1.82) is 0 Å². The van der Waals surface area contributed by atoms with Gasteiger partial charge < -0.3 is 14.8 Å². The maximum atomic E-state index is 13.3. The fourth-order valence-electron chi connectivity index (χ4n) is 3.13. The molecule has 0 unspecified atom stereocenters. The van der Waals surface area contributed by atoms with Crippen LogP contribution in [0.15, 0.2) is 83.8 Å². The highest BCUT2D eigenvalue weighted by molar-refractivity contribution is 7.92. The van der Waals surface area contributed by atoms with Gasteiger partial charge in [-0.1, -0.05) is 36.4 Å². The molecule has 1 N–H and O–H groups in total. The first-order chi connectivity index (χ1) is 16.3. The summed E-state index contributed by atoms with van der Waals surface area (Å²) in [6, 6.07) is 19.8. The topological polar surface area (TPSA) is 119 Å². The van der Waals surface area contributed by atoms with Gasteiger partial charge in [0.15, 0.2) is 0 Å². The van der Waals surface area contributed by atoms with E-state index in [1.807, 2.05) is 0 Å². The quantitative estimate of drug-likeness (QED) is 0.490. The minimum atomic E-state index is -4.09. The lowest BCUT2D eigenvalue weighted by molar-refractivity contribution is -0.114. The summed E-state index contributed by atoms with van der Waals surface area (Å²) >= 11 is 0. The molecule has 0 aliphatic rings. The fourth-order valence-corrected chi connectivity index (χ4v) is 4.57. The van der Waals surface area contributed by atoms with Crippen molar-refractivity contribution in [3.8, 4) is 0 Å². The molecular formula is C24H22N2O7S. The summed E-state index contributed by atoms with van der Waals surface area (Å²) in [7, 11) is -1.72. The average Bonchev–Trinajstić information content (AvgIpc) is 2.87.